The molecule has 0 aliphatic rings. The van der Waals surface area contributed by atoms with Gasteiger partial charge < -0.3 is 9.47 Å². The maximum absolute atomic E-state index is 12.1. The van der Waals surface area contributed by atoms with Crippen molar-refractivity contribution in [3.63, 3.8) is 0 Å². The minimum Gasteiger partial charge on any atom is -0.490 e. The number of nitrogens with one attached hydrogen (secondary N) is 1. The van der Waals surface area contributed by atoms with Gasteiger partial charge in [-0.15, -0.1) is 0 Å². The van der Waals surface area contributed by atoms with Crippen LogP contribution < -0.4 is 14.9 Å². The van der Waals surface area contributed by atoms with Gasteiger partial charge in [-0.3, -0.25) is 4.79 Å². The molecule has 0 aliphatic carbocycles. The number of ether oxygens (including phenoxy) is 2. The van der Waals surface area contributed by atoms with Crippen molar-refractivity contribution in [3.8, 4) is 11.5 Å². The van der Waals surface area contributed by atoms with Gasteiger partial charge in [0.2, 0.25) is 5.91 Å². The van der Waals surface area contributed by atoms with Gasteiger partial charge in [0, 0.05) is 0 Å². The molecule has 0 aromatic heterocycles. The summed E-state index contributed by atoms with van der Waals surface area (Å²) in [6.07, 6.45) is 3.55. The number of rotatable bonds is 9. The number of benzene rings is 2. The van der Waals surface area contributed by atoms with Crippen molar-refractivity contribution >= 4 is 12.1 Å². The van der Waals surface area contributed by atoms with Crippen LogP contribution in [0.3, 0.4) is 0 Å². The maximum Gasteiger partial charge on any atom is 0.244 e. The molecule has 0 aliphatic heterocycles. The molecule has 5 heteroatoms. The zero-order valence-electron chi connectivity index (χ0n) is 16.1. The number of carbonyl (C=O) groups excluding carboxylic acids is 1. The van der Waals surface area contributed by atoms with Crippen LogP contribution in [0.2, 0.25) is 0 Å². The minimum absolute atomic E-state index is 0.158. The average molecular weight is 366 g/mol. The quantitative estimate of drug-likeness (QED) is 0.415. The summed E-state index contributed by atoms with van der Waals surface area (Å²) in [6.45, 7) is 10.5. The number of hydrogen-bond donors (Lipinski definition) is 1. The summed E-state index contributed by atoms with van der Waals surface area (Å²) in [5, 5.41) is 4.04. The lowest BCUT2D eigenvalue weighted by Gasteiger charge is -2.11. The van der Waals surface area contributed by atoms with E-state index in [9.17, 15) is 4.79 Å². The van der Waals surface area contributed by atoms with Crippen molar-refractivity contribution in [3.05, 3.63) is 71.3 Å². The Bertz CT molecular complexity index is 828. The van der Waals surface area contributed by atoms with Crippen LogP contribution in [-0.4, -0.2) is 25.3 Å². The van der Waals surface area contributed by atoms with E-state index in [2.05, 4.69) is 23.2 Å². The fourth-order valence-corrected chi connectivity index (χ4v) is 2.58. The van der Waals surface area contributed by atoms with Gasteiger partial charge >= 0.3 is 0 Å². The number of aryl methyl sites for hydroxylation is 2. The van der Waals surface area contributed by atoms with Gasteiger partial charge in [-0.1, -0.05) is 36.4 Å². The first-order valence-corrected chi connectivity index (χ1v) is 8.92. The number of hydrazone groups is 1. The summed E-state index contributed by atoms with van der Waals surface area (Å²) in [4.78, 5) is 12.1. The predicted molar refractivity (Wildman–Crippen MR) is 109 cm³/mol. The van der Waals surface area contributed by atoms with Crippen molar-refractivity contribution in [2.75, 3.05) is 13.2 Å². The smallest absolute Gasteiger partial charge is 0.244 e. The molecule has 0 fully saturated rings. The summed E-state index contributed by atoms with van der Waals surface area (Å²) >= 11 is 0. The molecule has 0 unspecified atom stereocenters. The minimum atomic E-state index is -0.158. The summed E-state index contributed by atoms with van der Waals surface area (Å²) in [5.41, 5.74) is 6.65. The molecule has 27 heavy (non-hydrogen) atoms. The van der Waals surface area contributed by atoms with Crippen LogP contribution in [0, 0.1) is 13.8 Å². The van der Waals surface area contributed by atoms with E-state index in [1.807, 2.05) is 51.1 Å². The lowest BCUT2D eigenvalue weighted by Crippen LogP contribution is -2.20. The monoisotopic (exact) mass is 366 g/mol. The van der Waals surface area contributed by atoms with Crippen LogP contribution in [0.4, 0.5) is 0 Å². The third kappa shape index (κ3) is 6.29. The van der Waals surface area contributed by atoms with Gasteiger partial charge in [0.15, 0.2) is 11.5 Å². The number of carbonyl (C=O) groups is 1. The van der Waals surface area contributed by atoms with Crippen LogP contribution in [0.25, 0.3) is 0 Å². The molecular weight excluding hydrogens is 340 g/mol. The van der Waals surface area contributed by atoms with Crippen LogP contribution >= 0.6 is 0 Å². The molecule has 0 atom stereocenters. The maximum atomic E-state index is 12.1. The molecule has 0 spiro atoms. The first-order valence-electron chi connectivity index (χ1n) is 8.92. The van der Waals surface area contributed by atoms with Gasteiger partial charge in [0.05, 0.1) is 19.2 Å². The van der Waals surface area contributed by atoms with Crippen molar-refractivity contribution in [1.82, 2.24) is 5.43 Å². The predicted octanol–water partition coefficient (Wildman–Crippen LogP) is 3.96. The molecule has 0 bridgehead atoms. The summed E-state index contributed by atoms with van der Waals surface area (Å²) in [7, 11) is 0. The second kappa shape index (κ2) is 10.2. The van der Waals surface area contributed by atoms with Gasteiger partial charge in [-0.25, -0.2) is 5.43 Å². The van der Waals surface area contributed by atoms with Crippen LogP contribution in [0.15, 0.2) is 54.2 Å². The van der Waals surface area contributed by atoms with E-state index in [4.69, 9.17) is 9.47 Å². The Labute approximate surface area is 160 Å². The van der Waals surface area contributed by atoms with Gasteiger partial charge in [0.25, 0.3) is 0 Å². The third-order valence-corrected chi connectivity index (χ3v) is 3.88. The molecule has 142 valence electrons. The topological polar surface area (TPSA) is 59.9 Å². The lowest BCUT2D eigenvalue weighted by molar-refractivity contribution is -0.120. The largest absolute Gasteiger partial charge is 0.490 e. The first-order chi connectivity index (χ1) is 13.0. The van der Waals surface area contributed by atoms with E-state index >= 15 is 0 Å². The highest BCUT2D eigenvalue weighted by Crippen LogP contribution is 2.28. The number of hydrogen-bond acceptors (Lipinski definition) is 4. The van der Waals surface area contributed by atoms with Crippen LogP contribution in [0.5, 0.6) is 11.5 Å². The molecule has 2 aromatic carbocycles. The third-order valence-electron chi connectivity index (χ3n) is 3.88. The molecule has 0 radical (unpaired) electrons. The number of nitrogens with zero attached hydrogens (tertiary/aromatic N) is 1. The Balaban J connectivity index is 1.99. The van der Waals surface area contributed by atoms with Crippen molar-refractivity contribution in [1.29, 1.82) is 0 Å². The normalized spacial score (nSPS) is 10.6. The van der Waals surface area contributed by atoms with E-state index < -0.39 is 0 Å². The molecule has 2 aromatic rings. The zero-order valence-corrected chi connectivity index (χ0v) is 16.1. The lowest BCUT2D eigenvalue weighted by atomic mass is 10.0. The van der Waals surface area contributed by atoms with Crippen molar-refractivity contribution < 1.29 is 14.3 Å². The number of amides is 1. The van der Waals surface area contributed by atoms with Gasteiger partial charge in [0.1, 0.15) is 6.61 Å². The standard InChI is InChI=1S/C22H26N2O3/c1-5-11-27-20-10-8-18(13-21(20)26-6-2)15-23-24-22(25)14-19-9-7-16(3)12-17(19)4/h5,7-10,12-13,15H,1,6,11,14H2,2-4H3,(H,24,25)/b23-15+. The van der Waals surface area contributed by atoms with Gasteiger partial charge in [-0.05, 0) is 55.7 Å². The molecule has 5 nitrogen and oxygen atoms in total. The molecular formula is C22H26N2O3. The highest BCUT2D eigenvalue weighted by molar-refractivity contribution is 5.84. The van der Waals surface area contributed by atoms with Crippen LogP contribution in [-0.2, 0) is 11.2 Å². The SMILES string of the molecule is C=CCOc1ccc(/C=N/NC(=O)Cc2ccc(C)cc2C)cc1OCC. The molecule has 1 amide bonds. The van der Waals surface area contributed by atoms with Gasteiger partial charge in [-0.2, -0.15) is 5.10 Å². The summed E-state index contributed by atoms with van der Waals surface area (Å²) < 4.78 is 11.2. The van der Waals surface area contributed by atoms with Crippen LogP contribution in [0.1, 0.15) is 29.2 Å². The van der Waals surface area contributed by atoms with E-state index in [-0.39, 0.29) is 5.91 Å². The second-order valence-electron chi connectivity index (χ2n) is 6.14. The van der Waals surface area contributed by atoms with Crippen molar-refractivity contribution in [2.24, 2.45) is 5.10 Å². The van der Waals surface area contributed by atoms with E-state index in [1.54, 1.807) is 12.3 Å². The Morgan fingerprint density at radius 2 is 1.96 bits per heavy atom. The highest BCUT2D eigenvalue weighted by Gasteiger charge is 2.07. The fourth-order valence-electron chi connectivity index (χ4n) is 2.58. The Morgan fingerprint density at radius 1 is 1.15 bits per heavy atom. The molecule has 2 rings (SSSR count). The van der Waals surface area contributed by atoms with E-state index in [0.29, 0.717) is 31.1 Å². The summed E-state index contributed by atoms with van der Waals surface area (Å²) in [5.74, 6) is 1.12. The molecule has 0 saturated carbocycles. The zero-order chi connectivity index (χ0) is 19.6. The fraction of sp³-hybridized carbons (Fsp3) is 0.273. The first kappa shape index (κ1) is 20.2. The molecule has 1 N–H and O–H groups in total. The van der Waals surface area contributed by atoms with E-state index in [0.717, 1.165) is 16.7 Å². The molecule has 0 heterocycles. The highest BCUT2D eigenvalue weighted by atomic mass is 16.5. The second-order valence-corrected chi connectivity index (χ2v) is 6.14. The van der Waals surface area contributed by atoms with E-state index in [1.165, 1.54) is 5.56 Å². The molecule has 0 saturated heterocycles. The Kier molecular flexibility index (Phi) is 7.62. The summed E-state index contributed by atoms with van der Waals surface area (Å²) in [6, 6.07) is 11.5. The average Bonchev–Trinajstić information content (AvgIpc) is 2.64. The van der Waals surface area contributed by atoms with Crippen molar-refractivity contribution in [2.45, 2.75) is 27.2 Å². The Morgan fingerprint density at radius 3 is 2.67 bits per heavy atom. The Hall–Kier alpha value is -3.08.